The van der Waals surface area contributed by atoms with Gasteiger partial charge in [-0.3, -0.25) is 0 Å². The van der Waals surface area contributed by atoms with E-state index in [1.165, 1.54) is 24.0 Å². The van der Waals surface area contributed by atoms with Crippen LogP contribution in [0.2, 0.25) is 0 Å². The van der Waals surface area contributed by atoms with Gasteiger partial charge in [0.25, 0.3) is 0 Å². The lowest BCUT2D eigenvalue weighted by Crippen LogP contribution is -2.92. The van der Waals surface area contributed by atoms with Gasteiger partial charge in [0.15, 0.2) is 0 Å². The zero-order valence-electron chi connectivity index (χ0n) is 10.3. The second-order valence-corrected chi connectivity index (χ2v) is 5.14. The quantitative estimate of drug-likeness (QED) is 0.732. The van der Waals surface area contributed by atoms with Crippen LogP contribution in [0.3, 0.4) is 0 Å². The van der Waals surface area contributed by atoms with Crippen molar-refractivity contribution in [2.75, 3.05) is 0 Å². The van der Waals surface area contributed by atoms with Crippen LogP contribution in [0.15, 0.2) is 42.5 Å². The second kappa shape index (κ2) is 4.84. The van der Waals surface area contributed by atoms with E-state index in [1.54, 1.807) is 0 Å². The molecule has 0 saturated carbocycles. The lowest BCUT2D eigenvalue weighted by molar-refractivity contribution is -0.739. The molecule has 0 amide bonds. The van der Waals surface area contributed by atoms with E-state index < -0.39 is 0 Å². The zero-order valence-corrected chi connectivity index (χ0v) is 10.3. The Morgan fingerprint density at radius 3 is 2.56 bits per heavy atom. The number of hydrogen-bond donors (Lipinski definition) is 1. The topological polar surface area (TPSA) is 16.6 Å². The normalized spacial score (nSPS) is 30.0. The van der Waals surface area contributed by atoms with Gasteiger partial charge in [0.05, 0.1) is 6.04 Å². The molecule has 1 fully saturated rings. The van der Waals surface area contributed by atoms with Crippen LogP contribution in [0.5, 0.6) is 0 Å². The standard InChI is InChI=1S/C15H21N/c1-11(2)14-10-9-12(3)16-15(14)13-7-5-4-6-8-13/h4-8,12,14-16H,1,9-10H2,2-3H3/p+1/t12-,14+,15-/m0/s1. The largest absolute Gasteiger partial charge is 0.337 e. The summed E-state index contributed by atoms with van der Waals surface area (Å²) in [4.78, 5) is 0. The van der Waals surface area contributed by atoms with Crippen LogP contribution >= 0.6 is 0 Å². The highest BCUT2D eigenvalue weighted by Gasteiger charge is 2.32. The fourth-order valence-corrected chi connectivity index (χ4v) is 2.78. The molecule has 0 bridgehead atoms. The van der Waals surface area contributed by atoms with Gasteiger partial charge in [-0.15, -0.1) is 0 Å². The predicted molar refractivity (Wildman–Crippen MR) is 68.1 cm³/mol. The molecule has 0 radical (unpaired) electrons. The highest BCUT2D eigenvalue weighted by molar-refractivity contribution is 5.20. The first kappa shape index (κ1) is 11.4. The van der Waals surface area contributed by atoms with E-state index in [0.29, 0.717) is 12.0 Å². The van der Waals surface area contributed by atoms with E-state index in [2.05, 4.69) is 56.1 Å². The molecule has 1 aliphatic heterocycles. The third-order valence-corrected chi connectivity index (χ3v) is 3.72. The average Bonchev–Trinajstić information content (AvgIpc) is 2.29. The zero-order chi connectivity index (χ0) is 11.5. The van der Waals surface area contributed by atoms with Crippen LogP contribution in [-0.4, -0.2) is 6.04 Å². The van der Waals surface area contributed by atoms with Gasteiger partial charge in [-0.1, -0.05) is 42.5 Å². The molecule has 1 aromatic rings. The minimum Gasteiger partial charge on any atom is -0.337 e. The van der Waals surface area contributed by atoms with E-state index in [-0.39, 0.29) is 0 Å². The maximum atomic E-state index is 4.16. The van der Waals surface area contributed by atoms with Crippen LogP contribution in [0.25, 0.3) is 0 Å². The summed E-state index contributed by atoms with van der Waals surface area (Å²) in [5.41, 5.74) is 2.78. The molecule has 1 nitrogen and oxygen atoms in total. The molecular weight excluding hydrogens is 194 g/mol. The summed E-state index contributed by atoms with van der Waals surface area (Å²) in [6.45, 7) is 8.65. The molecule has 0 aliphatic carbocycles. The van der Waals surface area contributed by atoms with Gasteiger partial charge in [-0.2, -0.15) is 0 Å². The van der Waals surface area contributed by atoms with Crippen molar-refractivity contribution >= 4 is 0 Å². The maximum Gasteiger partial charge on any atom is 0.118 e. The first-order valence-electron chi connectivity index (χ1n) is 6.24. The molecule has 1 aliphatic rings. The van der Waals surface area contributed by atoms with Crippen LogP contribution in [0.1, 0.15) is 38.3 Å². The van der Waals surface area contributed by atoms with Crippen molar-refractivity contribution in [2.24, 2.45) is 5.92 Å². The third kappa shape index (κ3) is 2.35. The summed E-state index contributed by atoms with van der Waals surface area (Å²) in [7, 11) is 0. The van der Waals surface area contributed by atoms with Crippen molar-refractivity contribution in [3.8, 4) is 0 Å². The third-order valence-electron chi connectivity index (χ3n) is 3.72. The van der Waals surface area contributed by atoms with E-state index in [1.807, 2.05) is 0 Å². The molecule has 0 aromatic heterocycles. The average molecular weight is 216 g/mol. The molecule has 1 heterocycles. The van der Waals surface area contributed by atoms with Crippen molar-refractivity contribution in [1.82, 2.24) is 0 Å². The molecule has 86 valence electrons. The number of piperidine rings is 1. The fraction of sp³-hybridized carbons (Fsp3) is 0.467. The summed E-state index contributed by atoms with van der Waals surface area (Å²) in [6, 6.07) is 12.2. The van der Waals surface area contributed by atoms with Gasteiger partial charge in [0, 0.05) is 11.5 Å². The molecule has 0 unspecified atom stereocenters. The highest BCUT2D eigenvalue weighted by atomic mass is 15.0. The number of nitrogens with two attached hydrogens (primary N) is 1. The van der Waals surface area contributed by atoms with Crippen molar-refractivity contribution < 1.29 is 5.32 Å². The Hall–Kier alpha value is -1.08. The number of hydrogen-bond acceptors (Lipinski definition) is 0. The molecule has 16 heavy (non-hydrogen) atoms. The highest BCUT2D eigenvalue weighted by Crippen LogP contribution is 2.31. The van der Waals surface area contributed by atoms with Gasteiger partial charge in [0.2, 0.25) is 0 Å². The van der Waals surface area contributed by atoms with E-state index in [4.69, 9.17) is 0 Å². The molecule has 1 saturated heterocycles. The Morgan fingerprint density at radius 2 is 1.94 bits per heavy atom. The molecule has 2 rings (SSSR count). The van der Waals surface area contributed by atoms with E-state index in [0.717, 1.165) is 6.04 Å². The van der Waals surface area contributed by atoms with Crippen LogP contribution in [-0.2, 0) is 0 Å². The van der Waals surface area contributed by atoms with Crippen molar-refractivity contribution in [2.45, 2.75) is 38.8 Å². The summed E-state index contributed by atoms with van der Waals surface area (Å²) < 4.78 is 0. The lowest BCUT2D eigenvalue weighted by atomic mass is 9.80. The Morgan fingerprint density at radius 1 is 1.25 bits per heavy atom. The molecular formula is C15H22N+. The predicted octanol–water partition coefficient (Wildman–Crippen LogP) is 2.67. The molecule has 2 N–H and O–H groups in total. The molecule has 1 aromatic carbocycles. The Bertz CT molecular complexity index is 355. The van der Waals surface area contributed by atoms with Crippen LogP contribution in [0.4, 0.5) is 0 Å². The van der Waals surface area contributed by atoms with Gasteiger partial charge in [-0.25, -0.2) is 0 Å². The van der Waals surface area contributed by atoms with Crippen LogP contribution < -0.4 is 5.32 Å². The van der Waals surface area contributed by atoms with E-state index in [9.17, 15) is 0 Å². The molecule has 0 spiro atoms. The van der Waals surface area contributed by atoms with E-state index >= 15 is 0 Å². The Labute approximate surface area is 98.6 Å². The summed E-state index contributed by atoms with van der Waals surface area (Å²) >= 11 is 0. The van der Waals surface area contributed by atoms with Gasteiger partial charge in [-0.05, 0) is 26.7 Å². The summed E-state index contributed by atoms with van der Waals surface area (Å²) in [6.07, 6.45) is 2.59. The lowest BCUT2D eigenvalue weighted by Gasteiger charge is -2.33. The number of benzene rings is 1. The van der Waals surface area contributed by atoms with Gasteiger partial charge >= 0.3 is 0 Å². The number of rotatable bonds is 2. The first-order valence-corrected chi connectivity index (χ1v) is 6.24. The first-order chi connectivity index (χ1) is 7.68. The Balaban J connectivity index is 2.24. The minimum atomic E-state index is 0.572. The minimum absolute atomic E-state index is 0.572. The van der Waals surface area contributed by atoms with Gasteiger partial charge < -0.3 is 5.32 Å². The van der Waals surface area contributed by atoms with Crippen molar-refractivity contribution in [3.05, 3.63) is 48.0 Å². The van der Waals surface area contributed by atoms with Crippen molar-refractivity contribution in [1.29, 1.82) is 0 Å². The molecule has 1 heteroatoms. The van der Waals surface area contributed by atoms with Crippen molar-refractivity contribution in [3.63, 3.8) is 0 Å². The Kier molecular flexibility index (Phi) is 3.45. The maximum absolute atomic E-state index is 4.16. The fourth-order valence-electron chi connectivity index (χ4n) is 2.78. The monoisotopic (exact) mass is 216 g/mol. The number of quaternary nitrogens is 1. The summed E-state index contributed by atoms with van der Waals surface area (Å²) in [5.74, 6) is 0.638. The summed E-state index contributed by atoms with van der Waals surface area (Å²) in [5, 5.41) is 2.51. The SMILES string of the molecule is C=C(C)[C@H]1CC[C@H](C)[NH2+][C@H]1c1ccccc1. The van der Waals surface area contributed by atoms with Crippen LogP contribution in [0, 0.1) is 5.92 Å². The van der Waals surface area contributed by atoms with Gasteiger partial charge in [0.1, 0.15) is 6.04 Å². The smallest absolute Gasteiger partial charge is 0.118 e. The second-order valence-electron chi connectivity index (χ2n) is 5.14. The molecule has 3 atom stereocenters.